The Kier molecular flexibility index (Phi) is 6.23. The summed E-state index contributed by atoms with van der Waals surface area (Å²) in [5.74, 6) is 5.52. The van der Waals surface area contributed by atoms with Crippen LogP contribution in [0.15, 0.2) is 11.0 Å². The molecule has 0 saturated carbocycles. The SMILES string of the molecule is CC(C)(C)OC(=O)NCC#Cc1cn(C2CCC(CO)O2)c(=O)nc1N. The van der Waals surface area contributed by atoms with E-state index in [-0.39, 0.29) is 25.1 Å². The Morgan fingerprint density at radius 2 is 2.27 bits per heavy atom. The van der Waals surface area contributed by atoms with Gasteiger partial charge in [0.25, 0.3) is 0 Å². The highest BCUT2D eigenvalue weighted by molar-refractivity contribution is 5.68. The van der Waals surface area contributed by atoms with Crippen LogP contribution in [0.3, 0.4) is 0 Å². The van der Waals surface area contributed by atoms with E-state index in [1.165, 1.54) is 10.8 Å². The molecule has 0 radical (unpaired) electrons. The Bertz CT molecular complexity index is 772. The van der Waals surface area contributed by atoms with E-state index in [2.05, 4.69) is 22.1 Å². The van der Waals surface area contributed by atoms with Gasteiger partial charge in [0.1, 0.15) is 17.6 Å². The normalized spacial score (nSPS) is 19.5. The van der Waals surface area contributed by atoms with Gasteiger partial charge in [0.05, 0.1) is 24.8 Å². The lowest BCUT2D eigenvalue weighted by atomic mass is 10.2. The molecule has 1 amide bonds. The van der Waals surface area contributed by atoms with E-state index in [1.807, 2.05) is 0 Å². The van der Waals surface area contributed by atoms with Gasteiger partial charge in [-0.15, -0.1) is 0 Å². The summed E-state index contributed by atoms with van der Waals surface area (Å²) < 4.78 is 12.0. The van der Waals surface area contributed by atoms with Crippen molar-refractivity contribution >= 4 is 11.9 Å². The number of rotatable bonds is 3. The molecule has 9 nitrogen and oxygen atoms in total. The van der Waals surface area contributed by atoms with Gasteiger partial charge in [-0.05, 0) is 33.6 Å². The second-order valence-corrected chi connectivity index (χ2v) is 6.86. The largest absolute Gasteiger partial charge is 0.444 e. The number of aromatic nitrogens is 2. The summed E-state index contributed by atoms with van der Waals surface area (Å²) >= 11 is 0. The maximum atomic E-state index is 12.0. The van der Waals surface area contributed by atoms with Gasteiger partial charge in [-0.3, -0.25) is 4.57 Å². The third-order valence-corrected chi connectivity index (χ3v) is 3.52. The zero-order valence-electron chi connectivity index (χ0n) is 15.1. The van der Waals surface area contributed by atoms with Crippen molar-refractivity contribution in [1.82, 2.24) is 14.9 Å². The fourth-order valence-corrected chi connectivity index (χ4v) is 2.38. The lowest BCUT2D eigenvalue weighted by Crippen LogP contribution is -2.32. The predicted octanol–water partition coefficient (Wildman–Crippen LogP) is 0.372. The first-order chi connectivity index (χ1) is 12.2. The third kappa shape index (κ3) is 5.47. The average Bonchev–Trinajstić information content (AvgIpc) is 3.00. The number of aliphatic hydroxyl groups excluding tert-OH is 1. The molecule has 0 spiro atoms. The van der Waals surface area contributed by atoms with Gasteiger partial charge in [-0.2, -0.15) is 4.98 Å². The molecular formula is C17H24N4O5. The van der Waals surface area contributed by atoms with Crippen molar-refractivity contribution in [3.8, 4) is 11.8 Å². The second kappa shape index (κ2) is 8.21. The number of hydrogen-bond acceptors (Lipinski definition) is 7. The van der Waals surface area contributed by atoms with Crippen molar-refractivity contribution in [2.75, 3.05) is 18.9 Å². The number of amides is 1. The van der Waals surface area contributed by atoms with E-state index < -0.39 is 23.6 Å². The quantitative estimate of drug-likeness (QED) is 0.661. The lowest BCUT2D eigenvalue weighted by molar-refractivity contribution is -0.0245. The molecule has 1 aromatic rings. The Balaban J connectivity index is 2.05. The number of nitrogens with two attached hydrogens (primary N) is 1. The summed E-state index contributed by atoms with van der Waals surface area (Å²) in [6.45, 7) is 5.25. The summed E-state index contributed by atoms with van der Waals surface area (Å²) in [7, 11) is 0. The first kappa shape index (κ1) is 19.8. The zero-order chi connectivity index (χ0) is 19.3. The number of alkyl carbamates (subject to hydrolysis) is 1. The number of nitrogen functional groups attached to an aromatic ring is 1. The predicted molar refractivity (Wildman–Crippen MR) is 94.3 cm³/mol. The Morgan fingerprint density at radius 3 is 2.88 bits per heavy atom. The van der Waals surface area contributed by atoms with Crippen molar-refractivity contribution in [2.45, 2.75) is 51.5 Å². The van der Waals surface area contributed by atoms with Crippen LogP contribution in [0.1, 0.15) is 45.4 Å². The number of carbonyl (C=O) groups is 1. The fourth-order valence-electron chi connectivity index (χ4n) is 2.38. The molecule has 1 fully saturated rings. The molecule has 0 aliphatic carbocycles. The fraction of sp³-hybridized carbons (Fsp3) is 0.588. The first-order valence-electron chi connectivity index (χ1n) is 8.30. The van der Waals surface area contributed by atoms with Crippen molar-refractivity contribution in [3.05, 3.63) is 22.2 Å². The lowest BCUT2D eigenvalue weighted by Gasteiger charge is -2.19. The summed E-state index contributed by atoms with van der Waals surface area (Å²) in [5, 5.41) is 11.6. The van der Waals surface area contributed by atoms with Crippen molar-refractivity contribution in [2.24, 2.45) is 0 Å². The Labute approximate surface area is 151 Å². The van der Waals surface area contributed by atoms with Gasteiger partial charge < -0.3 is 25.6 Å². The van der Waals surface area contributed by atoms with E-state index >= 15 is 0 Å². The summed E-state index contributed by atoms with van der Waals surface area (Å²) in [5.41, 5.74) is 4.97. The summed E-state index contributed by atoms with van der Waals surface area (Å²) in [6.07, 6.45) is 1.35. The number of nitrogens with zero attached hydrogens (tertiary/aromatic N) is 2. The van der Waals surface area contributed by atoms with Crippen LogP contribution in [0.2, 0.25) is 0 Å². The van der Waals surface area contributed by atoms with Gasteiger partial charge in [-0.1, -0.05) is 11.8 Å². The van der Waals surface area contributed by atoms with Crippen molar-refractivity contribution < 1.29 is 19.4 Å². The summed E-state index contributed by atoms with van der Waals surface area (Å²) in [6, 6.07) is 0. The molecule has 0 bridgehead atoms. The number of hydrogen-bond donors (Lipinski definition) is 3. The van der Waals surface area contributed by atoms with Crippen LogP contribution in [0.4, 0.5) is 10.6 Å². The van der Waals surface area contributed by atoms with Gasteiger partial charge in [0, 0.05) is 6.20 Å². The molecule has 2 atom stereocenters. The van der Waals surface area contributed by atoms with Crippen LogP contribution < -0.4 is 16.7 Å². The standard InChI is InChI=1S/C17H24N4O5/c1-17(2,3)26-16(24)19-8-4-5-11-9-21(15(23)20-14(11)18)13-7-6-12(10-22)25-13/h9,12-13,22H,6-8,10H2,1-3H3,(H,19,24)(H2,18,20,23). The molecule has 1 aromatic heterocycles. The molecule has 142 valence electrons. The number of ether oxygens (including phenoxy) is 2. The minimum absolute atomic E-state index is 0.00715. The highest BCUT2D eigenvalue weighted by Gasteiger charge is 2.27. The highest BCUT2D eigenvalue weighted by Crippen LogP contribution is 2.27. The van der Waals surface area contributed by atoms with Gasteiger partial charge >= 0.3 is 11.8 Å². The monoisotopic (exact) mass is 364 g/mol. The first-order valence-corrected chi connectivity index (χ1v) is 8.30. The number of carbonyl (C=O) groups excluding carboxylic acids is 1. The van der Waals surface area contributed by atoms with Crippen LogP contribution >= 0.6 is 0 Å². The van der Waals surface area contributed by atoms with Crippen LogP contribution in [-0.2, 0) is 9.47 Å². The summed E-state index contributed by atoms with van der Waals surface area (Å²) in [4.78, 5) is 27.3. The maximum Gasteiger partial charge on any atom is 0.408 e. The smallest absolute Gasteiger partial charge is 0.408 e. The molecule has 1 aliphatic rings. The van der Waals surface area contributed by atoms with Crippen LogP contribution in [0, 0.1) is 11.8 Å². The molecule has 1 saturated heterocycles. The third-order valence-electron chi connectivity index (χ3n) is 3.52. The van der Waals surface area contributed by atoms with Crippen LogP contribution in [-0.4, -0.2) is 45.6 Å². The molecule has 9 heteroatoms. The van der Waals surface area contributed by atoms with Gasteiger partial charge in [-0.25, -0.2) is 9.59 Å². The molecule has 1 aliphatic heterocycles. The van der Waals surface area contributed by atoms with Crippen molar-refractivity contribution in [3.63, 3.8) is 0 Å². The van der Waals surface area contributed by atoms with E-state index in [0.29, 0.717) is 18.4 Å². The second-order valence-electron chi connectivity index (χ2n) is 6.86. The molecule has 2 unspecified atom stereocenters. The van der Waals surface area contributed by atoms with E-state index in [9.17, 15) is 9.59 Å². The number of anilines is 1. The molecule has 4 N–H and O–H groups in total. The minimum Gasteiger partial charge on any atom is -0.444 e. The minimum atomic E-state index is -0.588. The molecule has 2 rings (SSSR count). The van der Waals surface area contributed by atoms with E-state index in [0.717, 1.165) is 0 Å². The Hall–Kier alpha value is -2.57. The maximum absolute atomic E-state index is 12.0. The highest BCUT2D eigenvalue weighted by atomic mass is 16.6. The van der Waals surface area contributed by atoms with Crippen LogP contribution in [0.25, 0.3) is 0 Å². The topological polar surface area (TPSA) is 129 Å². The van der Waals surface area contributed by atoms with E-state index in [4.69, 9.17) is 20.3 Å². The average molecular weight is 364 g/mol. The van der Waals surface area contributed by atoms with Gasteiger partial charge in [0.2, 0.25) is 0 Å². The molecule has 26 heavy (non-hydrogen) atoms. The van der Waals surface area contributed by atoms with Crippen molar-refractivity contribution in [1.29, 1.82) is 0 Å². The molecule has 2 heterocycles. The van der Waals surface area contributed by atoms with E-state index in [1.54, 1.807) is 20.8 Å². The van der Waals surface area contributed by atoms with Gasteiger partial charge in [0.15, 0.2) is 0 Å². The zero-order valence-corrected chi connectivity index (χ0v) is 15.1. The number of nitrogens with one attached hydrogen (secondary N) is 1. The Morgan fingerprint density at radius 1 is 1.54 bits per heavy atom. The van der Waals surface area contributed by atoms with Crippen LogP contribution in [0.5, 0.6) is 0 Å². The molecule has 0 aromatic carbocycles. The number of aliphatic hydroxyl groups is 1. The molecular weight excluding hydrogens is 340 g/mol.